The molecule has 1 N–H and O–H groups in total. The van der Waals surface area contributed by atoms with Gasteiger partial charge in [0, 0.05) is 19.2 Å². The van der Waals surface area contributed by atoms with Crippen LogP contribution in [0, 0.1) is 0 Å². The predicted octanol–water partition coefficient (Wildman–Crippen LogP) is 1.17. The van der Waals surface area contributed by atoms with Crippen LogP contribution in [0.25, 0.3) is 0 Å². The fourth-order valence-corrected chi connectivity index (χ4v) is 2.27. The monoisotopic (exact) mass is 229 g/mol. The molecule has 4 nitrogen and oxygen atoms in total. The highest BCUT2D eigenvalue weighted by molar-refractivity contribution is 5.81. The minimum atomic E-state index is -0.271. The zero-order valence-electron chi connectivity index (χ0n) is 10.3. The molecule has 16 heavy (non-hydrogen) atoms. The smallest absolute Gasteiger partial charge is 0.252 e. The summed E-state index contributed by atoms with van der Waals surface area (Å²) in [4.78, 5) is 14.0. The maximum Gasteiger partial charge on any atom is 0.252 e. The molecular formula is C12H23NO3. The Kier molecular flexibility index (Phi) is 5.77. The maximum atomic E-state index is 12.2. The van der Waals surface area contributed by atoms with Crippen molar-refractivity contribution >= 4 is 5.91 Å². The fourth-order valence-electron chi connectivity index (χ4n) is 2.27. The number of nitrogens with zero attached hydrogens (tertiary/aromatic N) is 1. The Morgan fingerprint density at radius 1 is 1.50 bits per heavy atom. The lowest BCUT2D eigenvalue weighted by molar-refractivity contribution is -0.144. The number of aliphatic hydroxyl groups is 1. The van der Waals surface area contributed by atoms with Crippen molar-refractivity contribution in [3.05, 3.63) is 0 Å². The Labute approximate surface area is 97.6 Å². The van der Waals surface area contributed by atoms with Crippen molar-refractivity contribution in [1.82, 2.24) is 4.90 Å². The summed E-state index contributed by atoms with van der Waals surface area (Å²) in [6.07, 6.45) is 3.36. The van der Waals surface area contributed by atoms with Gasteiger partial charge < -0.3 is 14.7 Å². The molecule has 1 aliphatic heterocycles. The summed E-state index contributed by atoms with van der Waals surface area (Å²) in [5.41, 5.74) is 0. The minimum Gasteiger partial charge on any atom is -0.395 e. The van der Waals surface area contributed by atoms with Crippen molar-refractivity contribution in [1.29, 1.82) is 0 Å². The number of rotatable bonds is 6. The average Bonchev–Trinajstić information content (AvgIpc) is 2.82. The molecule has 0 aliphatic carbocycles. The van der Waals surface area contributed by atoms with Crippen molar-refractivity contribution in [2.45, 2.75) is 51.7 Å². The van der Waals surface area contributed by atoms with Gasteiger partial charge in [-0.15, -0.1) is 0 Å². The molecule has 1 saturated heterocycles. The van der Waals surface area contributed by atoms with Crippen LogP contribution in [0.5, 0.6) is 0 Å². The zero-order chi connectivity index (χ0) is 12.0. The van der Waals surface area contributed by atoms with Gasteiger partial charge in [0.2, 0.25) is 0 Å². The van der Waals surface area contributed by atoms with Gasteiger partial charge in [0.25, 0.3) is 5.91 Å². The van der Waals surface area contributed by atoms with E-state index in [2.05, 4.69) is 13.8 Å². The molecule has 94 valence electrons. The van der Waals surface area contributed by atoms with Crippen molar-refractivity contribution in [2.24, 2.45) is 0 Å². The molecule has 0 unspecified atom stereocenters. The molecule has 1 atom stereocenters. The van der Waals surface area contributed by atoms with Gasteiger partial charge >= 0.3 is 0 Å². The molecule has 0 aromatic rings. The summed E-state index contributed by atoms with van der Waals surface area (Å²) >= 11 is 0. The number of ether oxygens (including phenoxy) is 1. The Hall–Kier alpha value is -0.610. The fraction of sp³-hybridized carbons (Fsp3) is 0.917. The third-order valence-corrected chi connectivity index (χ3v) is 3.21. The van der Waals surface area contributed by atoms with Gasteiger partial charge in [0.15, 0.2) is 0 Å². The standard InChI is InChI=1S/C12H23NO3/c1-3-10(4-2)13(7-8-14)12(15)11-6-5-9-16-11/h10-11,14H,3-9H2,1-2H3/t11-/m0/s1. The van der Waals surface area contributed by atoms with E-state index < -0.39 is 0 Å². The number of hydrogen-bond acceptors (Lipinski definition) is 3. The molecular weight excluding hydrogens is 206 g/mol. The lowest BCUT2D eigenvalue weighted by atomic mass is 10.1. The second kappa shape index (κ2) is 6.86. The van der Waals surface area contributed by atoms with Gasteiger partial charge in [-0.1, -0.05) is 13.8 Å². The summed E-state index contributed by atoms with van der Waals surface area (Å²) in [5.74, 6) is 0.0558. The van der Waals surface area contributed by atoms with Crippen molar-refractivity contribution in [3.8, 4) is 0 Å². The van der Waals surface area contributed by atoms with E-state index in [4.69, 9.17) is 9.84 Å². The molecule has 0 aromatic carbocycles. The Morgan fingerprint density at radius 3 is 2.62 bits per heavy atom. The highest BCUT2D eigenvalue weighted by Crippen LogP contribution is 2.18. The van der Waals surface area contributed by atoms with Crippen molar-refractivity contribution < 1.29 is 14.6 Å². The van der Waals surface area contributed by atoms with Crippen LogP contribution in [-0.4, -0.2) is 47.8 Å². The van der Waals surface area contributed by atoms with Gasteiger partial charge in [-0.05, 0) is 25.7 Å². The number of aliphatic hydroxyl groups excluding tert-OH is 1. The first kappa shape index (κ1) is 13.5. The Bertz CT molecular complexity index is 210. The highest BCUT2D eigenvalue weighted by atomic mass is 16.5. The van der Waals surface area contributed by atoms with Crippen LogP contribution < -0.4 is 0 Å². The van der Waals surface area contributed by atoms with Crippen LogP contribution in [0.1, 0.15) is 39.5 Å². The lowest BCUT2D eigenvalue weighted by Gasteiger charge is -2.31. The van der Waals surface area contributed by atoms with Gasteiger partial charge in [-0.2, -0.15) is 0 Å². The molecule has 0 bridgehead atoms. The van der Waals surface area contributed by atoms with Crippen LogP contribution in [0.4, 0.5) is 0 Å². The predicted molar refractivity (Wildman–Crippen MR) is 62.1 cm³/mol. The van der Waals surface area contributed by atoms with E-state index in [0.717, 1.165) is 25.7 Å². The largest absolute Gasteiger partial charge is 0.395 e. The van der Waals surface area contributed by atoms with E-state index in [1.54, 1.807) is 4.90 Å². The van der Waals surface area contributed by atoms with Gasteiger partial charge in [0.05, 0.1) is 6.61 Å². The quantitative estimate of drug-likeness (QED) is 0.744. The van der Waals surface area contributed by atoms with Crippen LogP contribution in [0.15, 0.2) is 0 Å². The van der Waals surface area contributed by atoms with Gasteiger partial charge in [-0.25, -0.2) is 0 Å². The van der Waals surface area contributed by atoms with Crippen molar-refractivity contribution in [2.75, 3.05) is 19.8 Å². The molecule has 1 aliphatic rings. The van der Waals surface area contributed by atoms with Crippen LogP contribution >= 0.6 is 0 Å². The molecule has 0 radical (unpaired) electrons. The SMILES string of the molecule is CCC(CC)N(CCO)C(=O)[C@@H]1CCCO1. The second-order valence-corrected chi connectivity index (χ2v) is 4.23. The number of amides is 1. The molecule has 1 rings (SSSR count). The lowest BCUT2D eigenvalue weighted by Crippen LogP contribution is -2.46. The molecule has 4 heteroatoms. The molecule has 1 fully saturated rings. The molecule has 0 aromatic heterocycles. The summed E-state index contributed by atoms with van der Waals surface area (Å²) in [6, 6.07) is 0.226. The van der Waals surface area contributed by atoms with E-state index in [-0.39, 0.29) is 24.7 Å². The van der Waals surface area contributed by atoms with Gasteiger partial charge in [0.1, 0.15) is 6.10 Å². The first-order valence-corrected chi connectivity index (χ1v) is 6.27. The van der Waals surface area contributed by atoms with E-state index in [0.29, 0.717) is 13.2 Å². The summed E-state index contributed by atoms with van der Waals surface area (Å²) < 4.78 is 5.41. The third-order valence-electron chi connectivity index (χ3n) is 3.21. The Morgan fingerprint density at radius 2 is 2.19 bits per heavy atom. The molecule has 0 saturated carbocycles. The number of carbonyl (C=O) groups excluding carboxylic acids is 1. The molecule has 1 heterocycles. The van der Waals surface area contributed by atoms with Crippen LogP contribution in [0.3, 0.4) is 0 Å². The minimum absolute atomic E-state index is 0.0228. The summed E-state index contributed by atoms with van der Waals surface area (Å²) in [5, 5.41) is 9.03. The number of carbonyl (C=O) groups is 1. The third kappa shape index (κ3) is 3.19. The molecule has 0 spiro atoms. The van der Waals surface area contributed by atoms with E-state index in [9.17, 15) is 4.79 Å². The van der Waals surface area contributed by atoms with E-state index >= 15 is 0 Å². The first-order chi connectivity index (χ1) is 7.74. The normalized spacial score (nSPS) is 20.4. The number of hydrogen-bond donors (Lipinski definition) is 1. The summed E-state index contributed by atoms with van der Waals surface area (Å²) in [6.45, 7) is 5.27. The topological polar surface area (TPSA) is 49.8 Å². The highest BCUT2D eigenvalue weighted by Gasteiger charge is 2.30. The van der Waals surface area contributed by atoms with Crippen LogP contribution in [0.2, 0.25) is 0 Å². The summed E-state index contributed by atoms with van der Waals surface area (Å²) in [7, 11) is 0. The second-order valence-electron chi connectivity index (χ2n) is 4.23. The zero-order valence-corrected chi connectivity index (χ0v) is 10.3. The average molecular weight is 229 g/mol. The van der Waals surface area contributed by atoms with E-state index in [1.165, 1.54) is 0 Å². The van der Waals surface area contributed by atoms with Crippen LogP contribution in [-0.2, 0) is 9.53 Å². The Balaban J connectivity index is 2.63. The van der Waals surface area contributed by atoms with E-state index in [1.807, 2.05) is 0 Å². The van der Waals surface area contributed by atoms with Crippen molar-refractivity contribution in [3.63, 3.8) is 0 Å². The first-order valence-electron chi connectivity index (χ1n) is 6.27. The maximum absolute atomic E-state index is 12.2. The molecule has 1 amide bonds. The van der Waals surface area contributed by atoms with Gasteiger partial charge in [-0.3, -0.25) is 4.79 Å².